The zero-order chi connectivity index (χ0) is 12.3. The Hall–Kier alpha value is -1.93. The van der Waals surface area contributed by atoms with Crippen LogP contribution < -0.4 is 4.74 Å². The van der Waals surface area contributed by atoms with E-state index in [0.29, 0.717) is 12.4 Å². The highest BCUT2D eigenvalue weighted by atomic mass is 32.1. The predicted molar refractivity (Wildman–Crippen MR) is 62.3 cm³/mol. The molecule has 0 amide bonds. The Kier molecular flexibility index (Phi) is 3.35. The molecule has 0 saturated carbocycles. The van der Waals surface area contributed by atoms with Gasteiger partial charge in [-0.1, -0.05) is 0 Å². The van der Waals surface area contributed by atoms with Crippen molar-refractivity contribution in [2.45, 2.75) is 13.5 Å². The topological polar surface area (TPSA) is 45.9 Å². The van der Waals surface area contributed by atoms with E-state index in [9.17, 15) is 4.39 Å². The Labute approximate surface area is 102 Å². The van der Waals surface area contributed by atoms with E-state index < -0.39 is 5.82 Å². The van der Waals surface area contributed by atoms with E-state index in [0.717, 1.165) is 10.7 Å². The first kappa shape index (κ1) is 11.6. The van der Waals surface area contributed by atoms with E-state index in [-0.39, 0.29) is 5.56 Å². The molecule has 1 heterocycles. The van der Waals surface area contributed by atoms with Crippen LogP contribution in [0.25, 0.3) is 0 Å². The first-order chi connectivity index (χ1) is 8.19. The van der Waals surface area contributed by atoms with Crippen molar-refractivity contribution >= 4 is 11.3 Å². The molecular weight excluding hydrogens is 239 g/mol. The molecule has 0 atom stereocenters. The van der Waals surface area contributed by atoms with Crippen molar-refractivity contribution in [1.29, 1.82) is 5.26 Å². The second-order valence-electron chi connectivity index (χ2n) is 3.42. The number of ether oxygens (including phenoxy) is 1. The van der Waals surface area contributed by atoms with Crippen molar-refractivity contribution < 1.29 is 9.13 Å². The van der Waals surface area contributed by atoms with Crippen LogP contribution in [0, 0.1) is 24.1 Å². The number of rotatable bonds is 3. The average molecular weight is 248 g/mol. The van der Waals surface area contributed by atoms with Crippen molar-refractivity contribution in [2.75, 3.05) is 0 Å². The summed E-state index contributed by atoms with van der Waals surface area (Å²) in [6.45, 7) is 2.21. The molecule has 0 bridgehead atoms. The van der Waals surface area contributed by atoms with Crippen LogP contribution in [-0.2, 0) is 6.61 Å². The monoisotopic (exact) mass is 248 g/mol. The van der Waals surface area contributed by atoms with Gasteiger partial charge in [-0.2, -0.15) is 5.26 Å². The van der Waals surface area contributed by atoms with Gasteiger partial charge in [0.2, 0.25) is 0 Å². The van der Waals surface area contributed by atoms with Gasteiger partial charge in [-0.05, 0) is 19.1 Å². The number of thiazole rings is 1. The zero-order valence-electron chi connectivity index (χ0n) is 9.11. The number of aryl methyl sites for hydroxylation is 1. The highest BCUT2D eigenvalue weighted by molar-refractivity contribution is 7.09. The fourth-order valence-corrected chi connectivity index (χ4v) is 1.97. The van der Waals surface area contributed by atoms with Crippen LogP contribution in [0.4, 0.5) is 4.39 Å². The van der Waals surface area contributed by atoms with Crippen LogP contribution in [0.1, 0.15) is 16.3 Å². The Morgan fingerprint density at radius 3 is 2.94 bits per heavy atom. The number of nitriles is 1. The average Bonchev–Trinajstić information content (AvgIpc) is 2.73. The fourth-order valence-electron chi connectivity index (χ4n) is 1.29. The van der Waals surface area contributed by atoms with Crippen LogP contribution in [0.2, 0.25) is 0 Å². The fraction of sp³-hybridized carbons (Fsp3) is 0.167. The van der Waals surface area contributed by atoms with E-state index in [4.69, 9.17) is 10.00 Å². The molecule has 1 aromatic heterocycles. The molecule has 0 aliphatic rings. The van der Waals surface area contributed by atoms with Crippen LogP contribution >= 0.6 is 11.3 Å². The molecule has 3 nitrogen and oxygen atoms in total. The maximum atomic E-state index is 13.3. The summed E-state index contributed by atoms with van der Waals surface area (Å²) >= 11 is 1.50. The maximum Gasteiger partial charge on any atom is 0.144 e. The molecule has 86 valence electrons. The number of benzene rings is 1. The van der Waals surface area contributed by atoms with E-state index in [1.807, 2.05) is 12.3 Å². The molecule has 0 N–H and O–H groups in total. The van der Waals surface area contributed by atoms with Crippen LogP contribution in [0.3, 0.4) is 0 Å². The molecule has 0 spiro atoms. The molecule has 17 heavy (non-hydrogen) atoms. The lowest BCUT2D eigenvalue weighted by Gasteiger charge is -2.04. The van der Waals surface area contributed by atoms with E-state index in [2.05, 4.69) is 4.98 Å². The Morgan fingerprint density at radius 2 is 2.35 bits per heavy atom. The minimum absolute atomic E-state index is 0.0162. The van der Waals surface area contributed by atoms with Crippen LogP contribution in [0.15, 0.2) is 23.6 Å². The third kappa shape index (κ3) is 2.80. The number of halogens is 1. The first-order valence-corrected chi connectivity index (χ1v) is 5.80. The van der Waals surface area contributed by atoms with Crippen molar-refractivity contribution in [3.05, 3.63) is 45.7 Å². The zero-order valence-corrected chi connectivity index (χ0v) is 9.92. The summed E-state index contributed by atoms with van der Waals surface area (Å²) in [6, 6.07) is 5.94. The normalized spacial score (nSPS) is 9.94. The minimum Gasteiger partial charge on any atom is -0.486 e. The molecule has 2 aromatic rings. The highest BCUT2D eigenvalue weighted by Gasteiger charge is 2.04. The second-order valence-corrected chi connectivity index (χ2v) is 4.37. The van der Waals surface area contributed by atoms with E-state index in [1.165, 1.54) is 23.5 Å². The van der Waals surface area contributed by atoms with Gasteiger partial charge in [0.25, 0.3) is 0 Å². The van der Waals surface area contributed by atoms with Crippen molar-refractivity contribution in [2.24, 2.45) is 0 Å². The molecule has 1 aromatic carbocycles. The quantitative estimate of drug-likeness (QED) is 0.838. The smallest absolute Gasteiger partial charge is 0.144 e. The minimum atomic E-state index is -0.569. The predicted octanol–water partition coefficient (Wildman–Crippen LogP) is 3.04. The lowest BCUT2D eigenvalue weighted by Crippen LogP contribution is -1.96. The van der Waals surface area contributed by atoms with E-state index >= 15 is 0 Å². The van der Waals surface area contributed by atoms with Crippen molar-refractivity contribution in [3.63, 3.8) is 0 Å². The largest absolute Gasteiger partial charge is 0.486 e. The summed E-state index contributed by atoms with van der Waals surface area (Å²) in [5, 5.41) is 11.3. The first-order valence-electron chi connectivity index (χ1n) is 4.92. The van der Waals surface area contributed by atoms with Gasteiger partial charge in [0.15, 0.2) is 0 Å². The summed E-state index contributed by atoms with van der Waals surface area (Å²) in [6.07, 6.45) is 0. The lowest BCUT2D eigenvalue weighted by molar-refractivity contribution is 0.303. The van der Waals surface area contributed by atoms with Gasteiger partial charge in [0.05, 0.1) is 5.56 Å². The molecule has 0 fully saturated rings. The maximum absolute atomic E-state index is 13.3. The molecule has 0 saturated heterocycles. The summed E-state index contributed by atoms with van der Waals surface area (Å²) in [4.78, 5) is 4.23. The highest BCUT2D eigenvalue weighted by Crippen LogP contribution is 2.18. The van der Waals surface area contributed by atoms with Gasteiger partial charge in [0, 0.05) is 17.1 Å². The molecule has 2 rings (SSSR count). The van der Waals surface area contributed by atoms with Gasteiger partial charge in [-0.25, -0.2) is 9.37 Å². The molecular formula is C12H9FN2OS. The van der Waals surface area contributed by atoms with Gasteiger partial charge < -0.3 is 4.74 Å². The summed E-state index contributed by atoms with van der Waals surface area (Å²) in [5.74, 6) is -0.172. The molecule has 0 radical (unpaired) electrons. The number of nitrogens with zero attached hydrogens (tertiary/aromatic N) is 2. The molecule has 0 aliphatic carbocycles. The van der Waals surface area contributed by atoms with Gasteiger partial charge in [-0.3, -0.25) is 0 Å². The van der Waals surface area contributed by atoms with Crippen molar-refractivity contribution in [1.82, 2.24) is 4.98 Å². The Bertz CT molecular complexity index is 574. The van der Waals surface area contributed by atoms with E-state index in [1.54, 1.807) is 12.1 Å². The van der Waals surface area contributed by atoms with Crippen LogP contribution in [0.5, 0.6) is 5.75 Å². The number of hydrogen-bond acceptors (Lipinski definition) is 4. The SMILES string of the molecule is Cc1csc(COc2ccc(C#N)c(F)c2)n1. The van der Waals surface area contributed by atoms with Gasteiger partial charge in [-0.15, -0.1) is 11.3 Å². The van der Waals surface area contributed by atoms with Gasteiger partial charge in [0.1, 0.15) is 29.3 Å². The second kappa shape index (κ2) is 4.93. The Balaban J connectivity index is 2.05. The third-order valence-electron chi connectivity index (χ3n) is 2.09. The number of hydrogen-bond donors (Lipinski definition) is 0. The summed E-state index contributed by atoms with van der Waals surface area (Å²) in [7, 11) is 0. The standard InChI is InChI=1S/C12H9FN2OS/c1-8-7-17-12(15-8)6-16-10-3-2-9(5-14)11(13)4-10/h2-4,7H,6H2,1H3. The summed E-state index contributed by atoms with van der Waals surface area (Å²) < 4.78 is 18.6. The Morgan fingerprint density at radius 1 is 1.53 bits per heavy atom. The lowest BCUT2D eigenvalue weighted by atomic mass is 10.2. The van der Waals surface area contributed by atoms with Gasteiger partial charge >= 0.3 is 0 Å². The summed E-state index contributed by atoms with van der Waals surface area (Å²) in [5.41, 5.74) is 0.960. The number of aromatic nitrogens is 1. The molecule has 5 heteroatoms. The molecule has 0 unspecified atom stereocenters. The molecule has 0 aliphatic heterocycles. The third-order valence-corrected chi connectivity index (χ3v) is 3.03. The van der Waals surface area contributed by atoms with Crippen molar-refractivity contribution in [3.8, 4) is 11.8 Å². The van der Waals surface area contributed by atoms with Crippen LogP contribution in [-0.4, -0.2) is 4.98 Å².